The molecule has 4 nitrogen and oxygen atoms in total. The van der Waals surface area contributed by atoms with Crippen molar-refractivity contribution in [2.24, 2.45) is 0 Å². The Kier molecular flexibility index (Phi) is 3.17. The molecule has 1 aliphatic rings. The van der Waals surface area contributed by atoms with Gasteiger partial charge in [-0.1, -0.05) is 17.7 Å². The van der Waals surface area contributed by atoms with Crippen LogP contribution in [0.4, 0.5) is 5.69 Å². The molecule has 5 heteroatoms. The van der Waals surface area contributed by atoms with Crippen molar-refractivity contribution in [1.29, 1.82) is 0 Å². The van der Waals surface area contributed by atoms with E-state index < -0.39 is 11.7 Å². The van der Waals surface area contributed by atoms with Gasteiger partial charge in [-0.3, -0.25) is 9.59 Å². The fourth-order valence-corrected chi connectivity index (χ4v) is 2.10. The highest BCUT2D eigenvalue weighted by Crippen LogP contribution is 2.35. The van der Waals surface area contributed by atoms with Gasteiger partial charge < -0.3 is 9.80 Å². The second kappa shape index (κ2) is 4.47. The first-order chi connectivity index (χ1) is 8.02. The van der Waals surface area contributed by atoms with Gasteiger partial charge in [0.05, 0.1) is 16.3 Å². The Morgan fingerprint density at radius 3 is 2.65 bits per heavy atom. The molecule has 0 spiro atoms. The number of carbonyl (C=O) groups excluding carboxylic acids is 2. The van der Waals surface area contributed by atoms with Gasteiger partial charge in [0, 0.05) is 13.1 Å². The molecule has 0 N–H and O–H groups in total. The van der Waals surface area contributed by atoms with E-state index in [9.17, 15) is 9.59 Å². The number of anilines is 1. The van der Waals surface area contributed by atoms with Crippen LogP contribution in [0.5, 0.6) is 0 Å². The van der Waals surface area contributed by atoms with Crippen molar-refractivity contribution in [3.63, 3.8) is 0 Å². The van der Waals surface area contributed by atoms with E-state index in [1.807, 2.05) is 19.0 Å². The summed E-state index contributed by atoms with van der Waals surface area (Å²) in [6.45, 7) is 1.15. The van der Waals surface area contributed by atoms with Gasteiger partial charge in [-0.15, -0.1) is 0 Å². The average Bonchev–Trinajstić information content (AvgIpc) is 2.52. The molecule has 0 aromatic heterocycles. The van der Waals surface area contributed by atoms with Gasteiger partial charge in [0.2, 0.25) is 0 Å². The van der Waals surface area contributed by atoms with Crippen LogP contribution in [-0.2, 0) is 4.79 Å². The molecule has 1 aromatic carbocycles. The summed E-state index contributed by atoms with van der Waals surface area (Å²) in [6, 6.07) is 5.01. The molecule has 0 aliphatic carbocycles. The second-order valence-electron chi connectivity index (χ2n) is 4.23. The molecule has 1 aromatic rings. The van der Waals surface area contributed by atoms with Crippen LogP contribution in [0.2, 0.25) is 5.02 Å². The predicted octanol–water partition coefficient (Wildman–Crippen LogP) is 1.43. The summed E-state index contributed by atoms with van der Waals surface area (Å²) in [5.74, 6) is -0.962. The molecule has 0 fully saturated rings. The van der Waals surface area contributed by atoms with Crippen LogP contribution in [0.15, 0.2) is 18.2 Å². The number of ketones is 1. The van der Waals surface area contributed by atoms with Gasteiger partial charge in [-0.25, -0.2) is 0 Å². The third-order valence-corrected chi connectivity index (χ3v) is 3.02. The van der Waals surface area contributed by atoms with E-state index in [1.54, 1.807) is 18.2 Å². The van der Waals surface area contributed by atoms with Crippen molar-refractivity contribution in [2.45, 2.75) is 0 Å². The number of benzene rings is 1. The minimum Gasteiger partial charge on any atom is -0.308 e. The van der Waals surface area contributed by atoms with Gasteiger partial charge in [0.25, 0.3) is 11.7 Å². The summed E-state index contributed by atoms with van der Waals surface area (Å²) >= 11 is 6.05. The summed E-state index contributed by atoms with van der Waals surface area (Å²) in [7, 11) is 3.83. The SMILES string of the molecule is CN(C)CCN1C(=O)C(=O)c2cccc(Cl)c21. The first-order valence-electron chi connectivity index (χ1n) is 5.32. The molecule has 0 saturated heterocycles. The molecule has 90 valence electrons. The van der Waals surface area contributed by atoms with Gasteiger partial charge in [0.15, 0.2) is 0 Å². The lowest BCUT2D eigenvalue weighted by atomic mass is 10.1. The number of para-hydroxylation sites is 1. The number of carbonyl (C=O) groups is 2. The number of nitrogens with zero attached hydrogens (tertiary/aromatic N) is 2. The lowest BCUT2D eigenvalue weighted by molar-refractivity contribution is -0.114. The smallest absolute Gasteiger partial charge is 0.299 e. The van der Waals surface area contributed by atoms with Gasteiger partial charge in [0.1, 0.15) is 0 Å². The Morgan fingerprint density at radius 2 is 2.00 bits per heavy atom. The normalized spacial score (nSPS) is 14.7. The number of hydrogen-bond acceptors (Lipinski definition) is 3. The Balaban J connectivity index is 2.36. The third-order valence-electron chi connectivity index (χ3n) is 2.71. The number of likely N-dealkylation sites (N-methyl/N-ethyl adjacent to an activating group) is 1. The lowest BCUT2D eigenvalue weighted by Gasteiger charge is -2.19. The monoisotopic (exact) mass is 252 g/mol. The fourth-order valence-electron chi connectivity index (χ4n) is 1.83. The van der Waals surface area contributed by atoms with Crippen LogP contribution in [-0.4, -0.2) is 43.8 Å². The maximum absolute atomic E-state index is 11.8. The Bertz CT molecular complexity index is 485. The van der Waals surface area contributed by atoms with Crippen molar-refractivity contribution >= 4 is 29.0 Å². The number of halogens is 1. The molecule has 1 heterocycles. The maximum atomic E-state index is 11.8. The molecule has 0 bridgehead atoms. The second-order valence-corrected chi connectivity index (χ2v) is 4.63. The summed E-state index contributed by atoms with van der Waals surface area (Å²) in [5, 5.41) is 0.445. The molecule has 0 saturated carbocycles. The predicted molar refractivity (Wildman–Crippen MR) is 66.7 cm³/mol. The van der Waals surface area contributed by atoms with Crippen molar-refractivity contribution in [1.82, 2.24) is 4.90 Å². The highest BCUT2D eigenvalue weighted by atomic mass is 35.5. The maximum Gasteiger partial charge on any atom is 0.299 e. The molecular weight excluding hydrogens is 240 g/mol. The fraction of sp³-hybridized carbons (Fsp3) is 0.333. The molecule has 17 heavy (non-hydrogen) atoms. The highest BCUT2D eigenvalue weighted by molar-refractivity contribution is 6.54. The zero-order chi connectivity index (χ0) is 12.6. The van der Waals surface area contributed by atoms with Gasteiger partial charge in [-0.05, 0) is 26.2 Å². The van der Waals surface area contributed by atoms with Crippen LogP contribution < -0.4 is 4.90 Å². The van der Waals surface area contributed by atoms with Crippen LogP contribution in [0, 0.1) is 0 Å². The minimum atomic E-state index is -0.491. The molecule has 0 radical (unpaired) electrons. The van der Waals surface area contributed by atoms with E-state index in [1.165, 1.54) is 4.90 Å². The zero-order valence-electron chi connectivity index (χ0n) is 9.74. The minimum absolute atomic E-state index is 0.404. The van der Waals surface area contributed by atoms with Crippen LogP contribution >= 0.6 is 11.6 Å². The molecule has 1 amide bonds. The van der Waals surface area contributed by atoms with E-state index in [-0.39, 0.29) is 0 Å². The number of rotatable bonds is 3. The molecule has 2 rings (SSSR count). The number of hydrogen-bond donors (Lipinski definition) is 0. The van der Waals surface area contributed by atoms with Crippen LogP contribution in [0.25, 0.3) is 0 Å². The third kappa shape index (κ3) is 2.06. The van der Waals surface area contributed by atoms with E-state index in [4.69, 9.17) is 11.6 Å². The first-order valence-corrected chi connectivity index (χ1v) is 5.69. The quantitative estimate of drug-likeness (QED) is 0.765. The summed E-state index contributed by atoms with van der Waals surface area (Å²) in [6.07, 6.45) is 0. The largest absolute Gasteiger partial charge is 0.308 e. The van der Waals surface area contributed by atoms with Gasteiger partial charge in [-0.2, -0.15) is 0 Å². The first kappa shape index (κ1) is 12.1. The molecule has 0 unspecified atom stereocenters. The summed E-state index contributed by atoms with van der Waals surface area (Å²) in [4.78, 5) is 27.0. The van der Waals surface area contributed by atoms with Crippen molar-refractivity contribution < 1.29 is 9.59 Å². The number of fused-ring (bicyclic) bond motifs is 1. The van der Waals surface area contributed by atoms with E-state index in [0.29, 0.717) is 29.4 Å². The molecule has 0 atom stereocenters. The van der Waals surface area contributed by atoms with Gasteiger partial charge >= 0.3 is 0 Å². The highest BCUT2D eigenvalue weighted by Gasteiger charge is 2.36. The van der Waals surface area contributed by atoms with E-state index in [2.05, 4.69) is 0 Å². The van der Waals surface area contributed by atoms with Crippen LogP contribution in [0.1, 0.15) is 10.4 Å². The van der Waals surface area contributed by atoms with E-state index >= 15 is 0 Å². The Labute approximate surface area is 105 Å². The number of amides is 1. The standard InChI is InChI=1S/C12H13ClN2O2/c1-14(2)6-7-15-10-8(11(16)12(15)17)4-3-5-9(10)13/h3-5H,6-7H2,1-2H3. The van der Waals surface area contributed by atoms with Crippen molar-refractivity contribution in [2.75, 3.05) is 32.1 Å². The van der Waals surface area contributed by atoms with E-state index in [0.717, 1.165) is 0 Å². The van der Waals surface area contributed by atoms with Crippen molar-refractivity contribution in [3.8, 4) is 0 Å². The summed E-state index contributed by atoms with van der Waals surface area (Å²) in [5.41, 5.74) is 0.951. The summed E-state index contributed by atoms with van der Waals surface area (Å²) < 4.78 is 0. The van der Waals surface area contributed by atoms with Crippen molar-refractivity contribution in [3.05, 3.63) is 28.8 Å². The molecule has 1 aliphatic heterocycles. The van der Waals surface area contributed by atoms with Crippen LogP contribution in [0.3, 0.4) is 0 Å². The zero-order valence-corrected chi connectivity index (χ0v) is 10.5. The average molecular weight is 253 g/mol. The molecular formula is C12H13ClN2O2. The lowest BCUT2D eigenvalue weighted by Crippen LogP contribution is -2.35. The number of Topliss-reactive ketones (excluding diaryl/α,β-unsaturated/α-hetero) is 1. The Morgan fingerprint density at radius 1 is 1.29 bits per heavy atom. The Hall–Kier alpha value is -1.39. The topological polar surface area (TPSA) is 40.6 Å².